The number of hydrogen-bond acceptors (Lipinski definition) is 5. The van der Waals surface area contributed by atoms with Crippen LogP contribution < -0.4 is 9.88 Å². The van der Waals surface area contributed by atoms with E-state index in [4.69, 9.17) is 9.88 Å². The molecule has 9 heteroatoms. The molecule has 0 aliphatic carbocycles. The van der Waals surface area contributed by atoms with Crippen LogP contribution in [-0.2, 0) is 16.4 Å². The summed E-state index contributed by atoms with van der Waals surface area (Å²) in [7, 11) is -2.47. The molecular weight excluding hydrogens is 368 g/mol. The summed E-state index contributed by atoms with van der Waals surface area (Å²) in [5, 5.41) is 12.4. The monoisotopic (exact) mass is 392 g/mol. The predicted molar refractivity (Wildman–Crippen MR) is 100 cm³/mol. The third-order valence-electron chi connectivity index (χ3n) is 4.98. The smallest absolute Gasteiger partial charge is 0.257 e. The maximum Gasteiger partial charge on any atom is 0.257 e. The number of aryl methyl sites for hydroxylation is 1. The molecule has 2 heterocycles. The molecule has 1 fully saturated rings. The van der Waals surface area contributed by atoms with E-state index in [2.05, 4.69) is 17.1 Å². The molecular formula is C18H24N4O4S. The Morgan fingerprint density at radius 3 is 2.89 bits per heavy atom. The van der Waals surface area contributed by atoms with Crippen molar-refractivity contribution in [2.75, 3.05) is 20.2 Å². The van der Waals surface area contributed by atoms with Gasteiger partial charge in [0.05, 0.1) is 23.8 Å². The van der Waals surface area contributed by atoms with Crippen LogP contribution >= 0.6 is 0 Å². The number of benzene rings is 1. The highest BCUT2D eigenvalue weighted by Crippen LogP contribution is 2.30. The van der Waals surface area contributed by atoms with Crippen molar-refractivity contribution in [3.05, 3.63) is 41.2 Å². The van der Waals surface area contributed by atoms with Gasteiger partial charge in [-0.2, -0.15) is 5.10 Å². The van der Waals surface area contributed by atoms with Gasteiger partial charge in [-0.15, -0.1) is 0 Å². The summed E-state index contributed by atoms with van der Waals surface area (Å²) >= 11 is 0. The number of aromatic nitrogens is 2. The first kappa shape index (κ1) is 19.4. The van der Waals surface area contributed by atoms with Crippen LogP contribution in [0.5, 0.6) is 5.75 Å². The Kier molecular flexibility index (Phi) is 5.52. The number of rotatable bonds is 5. The van der Waals surface area contributed by atoms with Gasteiger partial charge in [0.15, 0.2) is 0 Å². The first-order valence-electron chi connectivity index (χ1n) is 8.87. The number of primary sulfonamides is 1. The summed E-state index contributed by atoms with van der Waals surface area (Å²) in [6.07, 6.45) is 4.53. The van der Waals surface area contributed by atoms with E-state index in [1.165, 1.54) is 25.3 Å². The minimum atomic E-state index is -3.91. The minimum Gasteiger partial charge on any atom is -0.496 e. The lowest BCUT2D eigenvalue weighted by molar-refractivity contribution is 0.0702. The summed E-state index contributed by atoms with van der Waals surface area (Å²) in [6.45, 7) is 3.22. The number of likely N-dealkylation sites (tertiary alicyclic amines) is 1. The zero-order valence-corrected chi connectivity index (χ0v) is 16.3. The molecule has 1 aromatic heterocycles. The third kappa shape index (κ3) is 3.98. The summed E-state index contributed by atoms with van der Waals surface area (Å²) in [5.74, 6) is 0.234. The average molecular weight is 392 g/mol. The topological polar surface area (TPSA) is 118 Å². The second-order valence-electron chi connectivity index (χ2n) is 6.66. The largest absolute Gasteiger partial charge is 0.496 e. The molecule has 0 radical (unpaired) electrons. The van der Waals surface area contributed by atoms with E-state index >= 15 is 0 Å². The second-order valence-corrected chi connectivity index (χ2v) is 8.22. The van der Waals surface area contributed by atoms with Gasteiger partial charge in [0.2, 0.25) is 10.0 Å². The van der Waals surface area contributed by atoms with E-state index in [9.17, 15) is 13.2 Å². The maximum atomic E-state index is 13.1. The number of nitrogens with zero attached hydrogens (tertiary/aromatic N) is 2. The van der Waals surface area contributed by atoms with Crippen molar-refractivity contribution in [1.82, 2.24) is 15.1 Å². The van der Waals surface area contributed by atoms with Gasteiger partial charge in [0, 0.05) is 24.7 Å². The number of nitrogens with one attached hydrogen (secondary N) is 1. The molecule has 1 saturated heterocycles. The molecule has 0 spiro atoms. The van der Waals surface area contributed by atoms with E-state index in [1.807, 2.05) is 6.20 Å². The Bertz CT molecular complexity index is 939. The number of nitrogens with two attached hydrogens (primary N) is 1. The molecule has 0 unspecified atom stereocenters. The van der Waals surface area contributed by atoms with Gasteiger partial charge < -0.3 is 9.64 Å². The van der Waals surface area contributed by atoms with Crippen molar-refractivity contribution >= 4 is 15.9 Å². The highest BCUT2D eigenvalue weighted by Gasteiger charge is 2.29. The Morgan fingerprint density at radius 2 is 2.22 bits per heavy atom. The van der Waals surface area contributed by atoms with Crippen LogP contribution in [0.3, 0.4) is 0 Å². The van der Waals surface area contributed by atoms with Crippen LogP contribution in [0.25, 0.3) is 0 Å². The summed E-state index contributed by atoms with van der Waals surface area (Å²) in [4.78, 5) is 14.7. The second kappa shape index (κ2) is 7.69. The number of carbonyl (C=O) groups excluding carboxylic acids is 1. The lowest BCUT2D eigenvalue weighted by Crippen LogP contribution is -2.39. The van der Waals surface area contributed by atoms with Gasteiger partial charge in [-0.1, -0.05) is 6.92 Å². The van der Waals surface area contributed by atoms with Crippen molar-refractivity contribution in [1.29, 1.82) is 0 Å². The van der Waals surface area contributed by atoms with Crippen LogP contribution in [0, 0.1) is 0 Å². The van der Waals surface area contributed by atoms with Crippen molar-refractivity contribution < 1.29 is 17.9 Å². The molecule has 1 atom stereocenters. The molecule has 2 aromatic rings. The highest BCUT2D eigenvalue weighted by atomic mass is 32.2. The van der Waals surface area contributed by atoms with E-state index in [0.29, 0.717) is 18.8 Å². The van der Waals surface area contributed by atoms with E-state index < -0.39 is 10.0 Å². The van der Waals surface area contributed by atoms with Crippen molar-refractivity contribution in [3.63, 3.8) is 0 Å². The summed E-state index contributed by atoms with van der Waals surface area (Å²) in [5.41, 5.74) is 2.42. The fourth-order valence-electron chi connectivity index (χ4n) is 3.56. The highest BCUT2D eigenvalue weighted by molar-refractivity contribution is 7.89. The number of hydrogen-bond donors (Lipinski definition) is 2. The predicted octanol–water partition coefficient (Wildman–Crippen LogP) is 1.65. The standard InChI is InChI=1S/C18H24N4O4S/c1-3-12-10-20-21-17(12)13-5-4-8-22(11-13)18(23)15-9-14(27(19,24)25)6-7-16(15)26-2/h6-7,9-10,13H,3-5,8,11H2,1-2H3,(H,20,21)(H2,19,24,25)/t13-/m0/s1. The first-order valence-corrected chi connectivity index (χ1v) is 10.4. The quantitative estimate of drug-likeness (QED) is 0.802. The fourth-order valence-corrected chi connectivity index (χ4v) is 4.09. The number of carbonyl (C=O) groups is 1. The van der Waals surface area contributed by atoms with Gasteiger partial charge in [-0.3, -0.25) is 9.89 Å². The molecule has 1 aliphatic heterocycles. The van der Waals surface area contributed by atoms with E-state index in [-0.39, 0.29) is 22.3 Å². The normalized spacial score (nSPS) is 17.7. The molecule has 1 aromatic carbocycles. The number of amides is 1. The molecule has 146 valence electrons. The molecule has 27 heavy (non-hydrogen) atoms. The zero-order valence-electron chi connectivity index (χ0n) is 15.4. The Labute approximate surface area is 158 Å². The first-order chi connectivity index (χ1) is 12.8. The lowest BCUT2D eigenvalue weighted by Gasteiger charge is -2.33. The molecule has 1 aliphatic rings. The number of H-pyrrole nitrogens is 1. The minimum absolute atomic E-state index is 0.109. The number of methoxy groups -OCH3 is 1. The summed E-state index contributed by atoms with van der Waals surface area (Å²) < 4.78 is 28.6. The summed E-state index contributed by atoms with van der Waals surface area (Å²) in [6, 6.07) is 4.08. The Hall–Kier alpha value is -2.39. The average Bonchev–Trinajstić information content (AvgIpc) is 3.15. The number of sulfonamides is 1. The van der Waals surface area contributed by atoms with Gasteiger partial charge in [-0.25, -0.2) is 13.6 Å². The molecule has 8 nitrogen and oxygen atoms in total. The number of ether oxygens (including phenoxy) is 1. The van der Waals surface area contributed by atoms with Crippen LogP contribution in [0.15, 0.2) is 29.3 Å². The Balaban J connectivity index is 1.89. The van der Waals surface area contributed by atoms with E-state index in [0.717, 1.165) is 30.5 Å². The van der Waals surface area contributed by atoms with Crippen molar-refractivity contribution in [2.24, 2.45) is 5.14 Å². The van der Waals surface area contributed by atoms with Crippen molar-refractivity contribution in [2.45, 2.75) is 37.0 Å². The fraction of sp³-hybridized carbons (Fsp3) is 0.444. The molecule has 1 amide bonds. The van der Waals surface area contributed by atoms with Crippen LogP contribution in [0.4, 0.5) is 0 Å². The van der Waals surface area contributed by atoms with Crippen LogP contribution in [0.2, 0.25) is 0 Å². The van der Waals surface area contributed by atoms with Gasteiger partial charge in [0.25, 0.3) is 5.91 Å². The van der Waals surface area contributed by atoms with E-state index in [1.54, 1.807) is 4.90 Å². The van der Waals surface area contributed by atoms with Gasteiger partial charge >= 0.3 is 0 Å². The number of piperidine rings is 1. The lowest BCUT2D eigenvalue weighted by atomic mass is 9.91. The van der Waals surface area contributed by atoms with Crippen LogP contribution in [-0.4, -0.2) is 49.6 Å². The maximum absolute atomic E-state index is 13.1. The number of aromatic amines is 1. The molecule has 3 N–H and O–H groups in total. The molecule has 0 saturated carbocycles. The Morgan fingerprint density at radius 1 is 1.44 bits per heavy atom. The SMILES string of the molecule is CCc1cn[nH]c1[C@H]1CCCN(C(=O)c2cc(S(N)(=O)=O)ccc2OC)C1. The van der Waals surface area contributed by atoms with Crippen LogP contribution in [0.1, 0.15) is 47.3 Å². The zero-order chi connectivity index (χ0) is 19.6. The molecule has 3 rings (SSSR count). The van der Waals surface area contributed by atoms with Gasteiger partial charge in [0.1, 0.15) is 5.75 Å². The van der Waals surface area contributed by atoms with Crippen molar-refractivity contribution in [3.8, 4) is 5.75 Å². The molecule has 0 bridgehead atoms. The van der Waals surface area contributed by atoms with Gasteiger partial charge in [-0.05, 0) is 43.0 Å². The third-order valence-corrected chi connectivity index (χ3v) is 5.89.